The van der Waals surface area contributed by atoms with Crippen LogP contribution in [-0.2, 0) is 9.84 Å². The number of hydrogen-bond acceptors (Lipinski definition) is 2. The molecule has 1 heterocycles. The van der Waals surface area contributed by atoms with Gasteiger partial charge in [0, 0.05) is 0 Å². The molecule has 3 nitrogen and oxygen atoms in total. The van der Waals surface area contributed by atoms with Crippen LogP contribution in [-0.4, -0.2) is 33.5 Å². The molecule has 1 unspecified atom stereocenters. The zero-order valence-electron chi connectivity index (χ0n) is 6.78. The first-order valence-electron chi connectivity index (χ1n) is 3.90. The third-order valence-corrected chi connectivity index (χ3v) is 3.89. The number of hydrogen-bond donors (Lipinski definition) is 0. The fraction of sp³-hybridized carbons (Fsp3) is 1.00. The molecule has 0 spiro atoms. The zero-order chi connectivity index (χ0) is 8.32. The van der Waals surface area contributed by atoms with Gasteiger partial charge in [-0.05, 0) is 12.3 Å². The van der Waals surface area contributed by atoms with Crippen molar-refractivity contribution in [1.29, 1.82) is 0 Å². The molecule has 0 amide bonds. The highest BCUT2D eigenvalue weighted by Crippen LogP contribution is 2.18. The van der Waals surface area contributed by atoms with E-state index in [1.165, 1.54) is 0 Å². The second-order valence-corrected chi connectivity index (χ2v) is 5.35. The smallest absolute Gasteiger partial charge is 0.150 e. The average molecular weight is 176 g/mol. The Balaban J connectivity index is 2.47. The van der Waals surface area contributed by atoms with E-state index in [0.717, 1.165) is 12.8 Å². The van der Waals surface area contributed by atoms with Crippen LogP contribution >= 0.6 is 0 Å². The summed E-state index contributed by atoms with van der Waals surface area (Å²) in [6, 6.07) is 0. The van der Waals surface area contributed by atoms with Gasteiger partial charge in [0.1, 0.15) is 0 Å². The maximum absolute atomic E-state index is 11.1. The molecule has 0 aliphatic carbocycles. The van der Waals surface area contributed by atoms with Crippen LogP contribution in [0.5, 0.6) is 0 Å². The van der Waals surface area contributed by atoms with E-state index in [4.69, 9.17) is 0 Å². The molecular formula is C7H14NO2S-. The minimum Gasteiger partial charge on any atom is -0.665 e. The van der Waals surface area contributed by atoms with Gasteiger partial charge in [0.2, 0.25) is 0 Å². The minimum atomic E-state index is -2.71. The fourth-order valence-corrected chi connectivity index (χ4v) is 3.28. The molecule has 0 bridgehead atoms. The van der Waals surface area contributed by atoms with E-state index in [2.05, 4.69) is 5.32 Å². The molecule has 1 saturated heterocycles. The van der Waals surface area contributed by atoms with Gasteiger partial charge in [0.25, 0.3) is 0 Å². The van der Waals surface area contributed by atoms with Crippen LogP contribution in [0.2, 0.25) is 0 Å². The van der Waals surface area contributed by atoms with Crippen molar-refractivity contribution in [2.75, 3.05) is 25.1 Å². The van der Waals surface area contributed by atoms with Gasteiger partial charge < -0.3 is 5.32 Å². The lowest BCUT2D eigenvalue weighted by molar-refractivity contribution is 0.505. The third-order valence-electron chi connectivity index (χ3n) is 2.00. The van der Waals surface area contributed by atoms with Gasteiger partial charge in [-0.2, -0.15) is 7.05 Å². The number of nitrogens with zero attached hydrogens (tertiary/aromatic N) is 1. The van der Waals surface area contributed by atoms with E-state index in [-0.39, 0.29) is 0 Å². The monoisotopic (exact) mass is 176 g/mol. The van der Waals surface area contributed by atoms with Crippen LogP contribution in [0, 0.1) is 5.92 Å². The molecule has 66 valence electrons. The van der Waals surface area contributed by atoms with Gasteiger partial charge in [0.05, 0.1) is 11.5 Å². The molecule has 1 aliphatic heterocycles. The Labute approximate surface area is 68.1 Å². The van der Waals surface area contributed by atoms with Crippen molar-refractivity contribution < 1.29 is 8.42 Å². The molecule has 1 fully saturated rings. The molecule has 11 heavy (non-hydrogen) atoms. The lowest BCUT2D eigenvalue weighted by Crippen LogP contribution is -2.26. The molecule has 1 atom stereocenters. The Kier molecular flexibility index (Phi) is 2.90. The van der Waals surface area contributed by atoms with E-state index in [9.17, 15) is 8.42 Å². The molecule has 0 aromatic carbocycles. The summed E-state index contributed by atoms with van der Waals surface area (Å²) in [4.78, 5) is 0. The Hall–Kier alpha value is -0.0900. The molecule has 4 heteroatoms. The maximum Gasteiger partial charge on any atom is 0.150 e. The van der Waals surface area contributed by atoms with Gasteiger partial charge >= 0.3 is 0 Å². The molecule has 0 aromatic rings. The van der Waals surface area contributed by atoms with Crippen LogP contribution < -0.4 is 0 Å². The molecule has 0 aromatic heterocycles. The molecule has 0 saturated carbocycles. The maximum atomic E-state index is 11.1. The molecule has 0 N–H and O–H groups in total. The largest absolute Gasteiger partial charge is 0.665 e. The third kappa shape index (κ3) is 2.79. The van der Waals surface area contributed by atoms with Crippen molar-refractivity contribution in [1.82, 2.24) is 0 Å². The molecule has 1 aliphatic rings. The van der Waals surface area contributed by atoms with Crippen LogP contribution in [0.3, 0.4) is 0 Å². The second-order valence-electron chi connectivity index (χ2n) is 3.12. The van der Waals surface area contributed by atoms with Crippen LogP contribution in [0.15, 0.2) is 0 Å². The highest BCUT2D eigenvalue weighted by molar-refractivity contribution is 7.91. The number of rotatable bonds is 2. The Bertz CT molecular complexity index is 208. The quantitative estimate of drug-likeness (QED) is 0.625. The van der Waals surface area contributed by atoms with E-state index in [1.807, 2.05) is 0 Å². The topological polar surface area (TPSA) is 48.2 Å². The predicted molar refractivity (Wildman–Crippen MR) is 45.5 cm³/mol. The van der Waals surface area contributed by atoms with Crippen molar-refractivity contribution in [3.8, 4) is 0 Å². The standard InChI is InChI=1S/C7H14NO2S/c1-8-5-7-3-2-4-11(9,10)6-7/h7H,2-6H2,1H3/q-1. The second kappa shape index (κ2) is 3.54. The Morgan fingerprint density at radius 1 is 1.55 bits per heavy atom. The summed E-state index contributed by atoms with van der Waals surface area (Å²) >= 11 is 0. The Morgan fingerprint density at radius 2 is 2.27 bits per heavy atom. The van der Waals surface area contributed by atoms with Gasteiger partial charge in [0.15, 0.2) is 9.84 Å². The van der Waals surface area contributed by atoms with Gasteiger partial charge in [-0.25, -0.2) is 8.42 Å². The highest BCUT2D eigenvalue weighted by Gasteiger charge is 2.21. The molecule has 0 radical (unpaired) electrons. The van der Waals surface area contributed by atoms with E-state index >= 15 is 0 Å². The zero-order valence-corrected chi connectivity index (χ0v) is 7.60. The summed E-state index contributed by atoms with van der Waals surface area (Å²) in [6.45, 7) is 0.708. The lowest BCUT2D eigenvalue weighted by atomic mass is 10.1. The molecular weight excluding hydrogens is 162 g/mol. The van der Waals surface area contributed by atoms with Crippen LogP contribution in [0.4, 0.5) is 0 Å². The van der Waals surface area contributed by atoms with Gasteiger partial charge in [-0.1, -0.05) is 6.42 Å². The van der Waals surface area contributed by atoms with Crippen molar-refractivity contribution in [3.63, 3.8) is 0 Å². The van der Waals surface area contributed by atoms with Gasteiger partial charge in [-0.15, -0.1) is 6.54 Å². The summed E-state index contributed by atoms with van der Waals surface area (Å²) in [6.07, 6.45) is 1.85. The SMILES string of the molecule is C[N-]CC1CCCS(=O)(=O)C1. The van der Waals surface area contributed by atoms with E-state index in [0.29, 0.717) is 24.0 Å². The first kappa shape index (κ1) is 9.00. The van der Waals surface area contributed by atoms with Crippen molar-refractivity contribution in [2.45, 2.75) is 12.8 Å². The lowest BCUT2D eigenvalue weighted by Gasteiger charge is -2.26. The first-order chi connectivity index (χ1) is 5.14. The van der Waals surface area contributed by atoms with Crippen LogP contribution in [0.1, 0.15) is 12.8 Å². The van der Waals surface area contributed by atoms with Crippen LogP contribution in [0.25, 0.3) is 5.32 Å². The minimum absolute atomic E-state index is 0.291. The van der Waals surface area contributed by atoms with E-state index in [1.54, 1.807) is 7.05 Å². The van der Waals surface area contributed by atoms with Crippen molar-refractivity contribution >= 4 is 9.84 Å². The summed E-state index contributed by atoms with van der Waals surface area (Å²) in [7, 11) is -0.977. The summed E-state index contributed by atoms with van der Waals surface area (Å²) in [5.41, 5.74) is 0. The average Bonchev–Trinajstić information content (AvgIpc) is 1.85. The van der Waals surface area contributed by atoms with Gasteiger partial charge in [-0.3, -0.25) is 0 Å². The number of sulfone groups is 1. The van der Waals surface area contributed by atoms with Crippen molar-refractivity contribution in [2.24, 2.45) is 5.92 Å². The first-order valence-corrected chi connectivity index (χ1v) is 5.72. The summed E-state index contributed by atoms with van der Waals surface area (Å²) in [5, 5.41) is 3.96. The Morgan fingerprint density at radius 3 is 2.82 bits per heavy atom. The van der Waals surface area contributed by atoms with E-state index < -0.39 is 9.84 Å². The molecule has 1 rings (SSSR count). The normalized spacial score (nSPS) is 30.1. The van der Waals surface area contributed by atoms with Crippen molar-refractivity contribution in [3.05, 3.63) is 5.32 Å². The summed E-state index contributed by atoms with van der Waals surface area (Å²) in [5.74, 6) is 1.02. The predicted octanol–water partition coefficient (Wildman–Crippen LogP) is 0.815. The highest BCUT2D eigenvalue weighted by atomic mass is 32.2. The fourth-order valence-electron chi connectivity index (χ4n) is 1.52. The summed E-state index contributed by atoms with van der Waals surface area (Å²) < 4.78 is 22.2.